The molecule has 3 N–H and O–H groups in total. The molecule has 114 valence electrons. The van der Waals surface area contributed by atoms with E-state index in [1.165, 1.54) is 12.1 Å². The van der Waals surface area contributed by atoms with Crippen molar-refractivity contribution >= 4 is 23.7 Å². The Kier molecular flexibility index (Phi) is 4.57. The number of carboxylic acid groups (broad SMARTS) is 2. The Hall–Kier alpha value is -2.57. The van der Waals surface area contributed by atoms with Crippen molar-refractivity contribution in [2.24, 2.45) is 0 Å². The lowest BCUT2D eigenvalue weighted by Gasteiger charge is -2.20. The Labute approximate surface area is 121 Å². The van der Waals surface area contributed by atoms with Crippen molar-refractivity contribution in [3.8, 4) is 0 Å². The summed E-state index contributed by atoms with van der Waals surface area (Å²) < 4.78 is 5.01. The number of carboxylic acids is 2. The molecular weight excluding hydrogens is 278 g/mol. The molecule has 0 bridgehead atoms. The molecule has 1 rings (SSSR count). The van der Waals surface area contributed by atoms with Gasteiger partial charge >= 0.3 is 18.0 Å². The van der Waals surface area contributed by atoms with Gasteiger partial charge in [0.25, 0.3) is 0 Å². The second-order valence-corrected chi connectivity index (χ2v) is 5.47. The van der Waals surface area contributed by atoms with Crippen LogP contribution in [0.15, 0.2) is 12.1 Å². The molecule has 0 heterocycles. The Morgan fingerprint density at radius 1 is 1.05 bits per heavy atom. The summed E-state index contributed by atoms with van der Waals surface area (Å²) in [6, 6.07) is 2.56. The number of aryl methyl sites for hydroxylation is 1. The molecule has 1 aromatic carbocycles. The molecule has 0 saturated carbocycles. The second-order valence-electron chi connectivity index (χ2n) is 5.47. The van der Waals surface area contributed by atoms with E-state index in [1.807, 2.05) is 0 Å². The van der Waals surface area contributed by atoms with Crippen molar-refractivity contribution in [1.82, 2.24) is 0 Å². The predicted molar refractivity (Wildman–Crippen MR) is 75.0 cm³/mol. The number of nitrogens with one attached hydrogen (secondary N) is 1. The van der Waals surface area contributed by atoms with Gasteiger partial charge in [-0.15, -0.1) is 0 Å². The smallest absolute Gasteiger partial charge is 0.412 e. The molecule has 1 aromatic rings. The number of hydrogen-bond donors (Lipinski definition) is 3. The van der Waals surface area contributed by atoms with Gasteiger partial charge in [0.15, 0.2) is 0 Å². The van der Waals surface area contributed by atoms with E-state index in [4.69, 9.17) is 14.9 Å². The number of amides is 1. The maximum atomic E-state index is 11.7. The normalized spacial score (nSPS) is 10.9. The average Bonchev–Trinajstić information content (AvgIpc) is 2.27. The fraction of sp³-hybridized carbons (Fsp3) is 0.357. The first-order chi connectivity index (χ1) is 9.51. The summed E-state index contributed by atoms with van der Waals surface area (Å²) >= 11 is 0. The summed E-state index contributed by atoms with van der Waals surface area (Å²) in [6.07, 6.45) is -0.920. The number of benzene rings is 1. The summed E-state index contributed by atoms with van der Waals surface area (Å²) in [5, 5.41) is 20.5. The van der Waals surface area contributed by atoms with Crippen molar-refractivity contribution in [3.63, 3.8) is 0 Å². The molecule has 0 aliphatic carbocycles. The number of rotatable bonds is 3. The van der Waals surface area contributed by atoms with E-state index in [9.17, 15) is 14.4 Å². The molecule has 0 radical (unpaired) electrons. The molecule has 7 heteroatoms. The van der Waals surface area contributed by atoms with Crippen molar-refractivity contribution in [3.05, 3.63) is 28.8 Å². The van der Waals surface area contributed by atoms with Crippen molar-refractivity contribution < 1.29 is 29.3 Å². The van der Waals surface area contributed by atoms with Crippen LogP contribution in [0, 0.1) is 6.92 Å². The molecule has 0 saturated heterocycles. The van der Waals surface area contributed by atoms with Crippen LogP contribution >= 0.6 is 0 Å². The third kappa shape index (κ3) is 4.48. The molecule has 0 unspecified atom stereocenters. The standard InChI is InChI=1S/C14H17NO6/c1-7-5-8(11(16)17)10(9(6-7)12(18)19)15-13(20)21-14(2,3)4/h5-6H,1-4H3,(H,15,20)(H,16,17)(H,18,19). The summed E-state index contributed by atoms with van der Waals surface area (Å²) in [7, 11) is 0. The average molecular weight is 295 g/mol. The fourth-order valence-electron chi connectivity index (χ4n) is 1.66. The van der Waals surface area contributed by atoms with Crippen molar-refractivity contribution in [2.45, 2.75) is 33.3 Å². The monoisotopic (exact) mass is 295 g/mol. The minimum atomic E-state index is -1.34. The van der Waals surface area contributed by atoms with Crippen molar-refractivity contribution in [1.29, 1.82) is 0 Å². The topological polar surface area (TPSA) is 113 Å². The van der Waals surface area contributed by atoms with Gasteiger partial charge in [0.05, 0.1) is 16.8 Å². The van der Waals surface area contributed by atoms with Crippen LogP contribution in [-0.4, -0.2) is 33.8 Å². The highest BCUT2D eigenvalue weighted by molar-refractivity contribution is 6.07. The van der Waals surface area contributed by atoms with Crippen LogP contribution in [0.3, 0.4) is 0 Å². The number of aromatic carboxylic acids is 2. The number of carbonyl (C=O) groups excluding carboxylic acids is 1. The Bertz CT molecular complexity index is 565. The molecule has 1 amide bonds. The van der Waals surface area contributed by atoms with Gasteiger partial charge in [0.1, 0.15) is 5.60 Å². The zero-order valence-electron chi connectivity index (χ0n) is 12.2. The van der Waals surface area contributed by atoms with Gasteiger partial charge in [0.2, 0.25) is 0 Å². The van der Waals surface area contributed by atoms with Crippen LogP contribution in [0.4, 0.5) is 10.5 Å². The van der Waals surface area contributed by atoms with E-state index in [0.717, 1.165) is 0 Å². The second kappa shape index (κ2) is 5.82. The highest BCUT2D eigenvalue weighted by atomic mass is 16.6. The quantitative estimate of drug-likeness (QED) is 0.790. The lowest BCUT2D eigenvalue weighted by molar-refractivity contribution is 0.0636. The van der Waals surface area contributed by atoms with Crippen LogP contribution in [-0.2, 0) is 4.74 Å². The predicted octanol–water partition coefficient (Wildman–Crippen LogP) is 2.74. The highest BCUT2D eigenvalue weighted by Gasteiger charge is 2.23. The molecule has 0 fully saturated rings. The first kappa shape index (κ1) is 16.5. The lowest BCUT2D eigenvalue weighted by atomic mass is 10.0. The number of ether oxygens (including phenoxy) is 1. The van der Waals surface area contributed by atoms with Gasteiger partial charge in [-0.25, -0.2) is 14.4 Å². The van der Waals surface area contributed by atoms with Crippen LogP contribution in [0.1, 0.15) is 47.1 Å². The maximum absolute atomic E-state index is 11.7. The number of carbonyl (C=O) groups is 3. The van der Waals surface area contributed by atoms with Crippen molar-refractivity contribution in [2.75, 3.05) is 5.32 Å². The number of anilines is 1. The summed E-state index contributed by atoms with van der Waals surface area (Å²) in [5.74, 6) is -2.68. The van der Waals surface area contributed by atoms with E-state index < -0.39 is 23.6 Å². The summed E-state index contributed by atoms with van der Waals surface area (Å²) in [5.41, 5.74) is -1.24. The van der Waals surface area contributed by atoms with Gasteiger partial charge in [-0.2, -0.15) is 0 Å². The molecule has 0 atom stereocenters. The molecule has 7 nitrogen and oxygen atoms in total. The minimum absolute atomic E-state index is 0.296. The first-order valence-corrected chi connectivity index (χ1v) is 6.12. The maximum Gasteiger partial charge on any atom is 0.412 e. The molecule has 21 heavy (non-hydrogen) atoms. The Balaban J connectivity index is 3.29. The zero-order chi connectivity index (χ0) is 16.4. The summed E-state index contributed by atoms with van der Waals surface area (Å²) in [6.45, 7) is 6.48. The Morgan fingerprint density at radius 2 is 1.48 bits per heavy atom. The molecular formula is C14H17NO6. The molecule has 0 spiro atoms. The van der Waals surface area contributed by atoms with Crippen LogP contribution in [0.2, 0.25) is 0 Å². The van der Waals surface area contributed by atoms with Gasteiger partial charge in [-0.1, -0.05) is 0 Å². The van der Waals surface area contributed by atoms with Gasteiger partial charge in [0, 0.05) is 0 Å². The highest BCUT2D eigenvalue weighted by Crippen LogP contribution is 2.24. The number of hydrogen-bond acceptors (Lipinski definition) is 4. The Morgan fingerprint density at radius 3 is 1.81 bits per heavy atom. The van der Waals surface area contributed by atoms with Gasteiger partial charge < -0.3 is 14.9 Å². The fourth-order valence-corrected chi connectivity index (χ4v) is 1.66. The lowest BCUT2D eigenvalue weighted by Crippen LogP contribution is -2.28. The van der Waals surface area contributed by atoms with E-state index in [-0.39, 0.29) is 16.8 Å². The van der Waals surface area contributed by atoms with E-state index in [1.54, 1.807) is 27.7 Å². The third-order valence-electron chi connectivity index (χ3n) is 2.37. The minimum Gasteiger partial charge on any atom is -0.478 e. The van der Waals surface area contributed by atoms with Gasteiger partial charge in [-0.05, 0) is 45.4 Å². The van der Waals surface area contributed by atoms with E-state index in [2.05, 4.69) is 5.32 Å². The molecule has 0 aliphatic heterocycles. The van der Waals surface area contributed by atoms with E-state index >= 15 is 0 Å². The molecule has 0 aromatic heterocycles. The van der Waals surface area contributed by atoms with Crippen LogP contribution < -0.4 is 5.32 Å². The zero-order valence-corrected chi connectivity index (χ0v) is 12.2. The third-order valence-corrected chi connectivity index (χ3v) is 2.37. The summed E-state index contributed by atoms with van der Waals surface area (Å²) in [4.78, 5) is 34.2. The SMILES string of the molecule is Cc1cc(C(=O)O)c(NC(=O)OC(C)(C)C)c(C(=O)O)c1. The first-order valence-electron chi connectivity index (χ1n) is 6.12. The van der Waals surface area contributed by atoms with E-state index in [0.29, 0.717) is 5.56 Å². The van der Waals surface area contributed by atoms with Crippen LogP contribution in [0.5, 0.6) is 0 Å². The molecule has 0 aliphatic rings. The largest absolute Gasteiger partial charge is 0.478 e. The van der Waals surface area contributed by atoms with Crippen LogP contribution in [0.25, 0.3) is 0 Å². The van der Waals surface area contributed by atoms with Gasteiger partial charge in [-0.3, -0.25) is 5.32 Å².